The molecule has 0 saturated heterocycles. The maximum absolute atomic E-state index is 13.2. The Kier molecular flexibility index (Phi) is 5.80. The van der Waals surface area contributed by atoms with Crippen LogP contribution in [-0.4, -0.2) is 15.0 Å². The van der Waals surface area contributed by atoms with Crippen molar-refractivity contribution in [2.75, 3.05) is 6.54 Å². The van der Waals surface area contributed by atoms with Gasteiger partial charge in [-0.05, 0) is 89.3 Å². The van der Waals surface area contributed by atoms with Crippen LogP contribution in [0.5, 0.6) is 0 Å². The summed E-state index contributed by atoms with van der Waals surface area (Å²) in [6.45, 7) is 9.52. The van der Waals surface area contributed by atoms with Gasteiger partial charge >= 0.3 is 0 Å². The lowest BCUT2D eigenvalue weighted by atomic mass is 9.49. The van der Waals surface area contributed by atoms with Crippen LogP contribution in [0, 0.1) is 17.2 Å². The molecule has 1 N–H and O–H groups in total. The second-order valence-electron chi connectivity index (χ2n) is 10.4. The summed E-state index contributed by atoms with van der Waals surface area (Å²) in [4.78, 5) is 0.117. The zero-order chi connectivity index (χ0) is 22.4. The van der Waals surface area contributed by atoms with E-state index in [0.717, 1.165) is 32.1 Å². The first-order valence-corrected chi connectivity index (χ1v) is 12.9. The number of aryl methyl sites for hydroxylation is 1. The summed E-state index contributed by atoms with van der Waals surface area (Å²) in [7, 11) is -3.67. The maximum atomic E-state index is 13.2. The molecule has 0 aliphatic heterocycles. The third-order valence-corrected chi connectivity index (χ3v) is 9.38. The van der Waals surface area contributed by atoms with Crippen LogP contribution in [0.3, 0.4) is 0 Å². The van der Waals surface area contributed by atoms with Crippen molar-refractivity contribution in [2.45, 2.75) is 76.0 Å². The van der Waals surface area contributed by atoms with Gasteiger partial charge in [-0.2, -0.15) is 0 Å². The van der Waals surface area contributed by atoms with Gasteiger partial charge in [0.25, 0.3) is 0 Å². The number of benzene rings is 2. The van der Waals surface area contributed by atoms with E-state index in [1.807, 2.05) is 0 Å². The number of sulfonamides is 1. The van der Waals surface area contributed by atoms with Crippen molar-refractivity contribution in [2.24, 2.45) is 11.3 Å². The molecule has 0 aromatic heterocycles. The molecule has 3 nitrogen and oxygen atoms in total. The number of rotatable bonds is 5. The minimum atomic E-state index is -3.67. The summed E-state index contributed by atoms with van der Waals surface area (Å²) in [6, 6.07) is 12.0. The normalized spacial score (nSPS) is 28.3. The Labute approximate surface area is 186 Å². The second-order valence-corrected chi connectivity index (χ2v) is 12.1. The molecule has 0 unspecified atom stereocenters. The first-order valence-electron chi connectivity index (χ1n) is 11.4. The van der Waals surface area contributed by atoms with E-state index in [9.17, 15) is 12.8 Å². The molecule has 2 aliphatic rings. The Morgan fingerprint density at radius 1 is 1.10 bits per heavy atom. The Balaban J connectivity index is 1.61. The van der Waals surface area contributed by atoms with Crippen molar-refractivity contribution in [1.29, 1.82) is 0 Å². The minimum absolute atomic E-state index is 0.0623. The molecule has 1 saturated carbocycles. The minimum Gasteiger partial charge on any atom is -0.211 e. The van der Waals surface area contributed by atoms with Gasteiger partial charge < -0.3 is 0 Å². The van der Waals surface area contributed by atoms with Crippen LogP contribution in [0.4, 0.5) is 4.39 Å². The number of nitrogens with one attached hydrogen (secondary N) is 1. The van der Waals surface area contributed by atoms with Gasteiger partial charge in [-0.25, -0.2) is 17.5 Å². The predicted molar refractivity (Wildman–Crippen MR) is 123 cm³/mol. The van der Waals surface area contributed by atoms with Crippen LogP contribution in [0.1, 0.15) is 76.0 Å². The topological polar surface area (TPSA) is 46.2 Å². The highest BCUT2D eigenvalue weighted by Gasteiger charge is 2.51. The van der Waals surface area contributed by atoms with Gasteiger partial charge in [0.15, 0.2) is 0 Å². The molecule has 2 aromatic carbocycles. The number of halogens is 1. The molecule has 31 heavy (non-hydrogen) atoms. The van der Waals surface area contributed by atoms with E-state index in [1.165, 1.54) is 41.0 Å². The van der Waals surface area contributed by atoms with Crippen molar-refractivity contribution in [3.05, 3.63) is 65.0 Å². The standard InChI is InChI=1S/C26H34FNO2S/c1-18(2)20-7-6-19-8-13-24-25(3,14-5-15-26(24,4)23(19)16-20)17-28-31(29,30)22-11-9-21(27)10-12-22/h6-7,9-12,16,18,24,28H,5,8,13-15,17H2,1-4H3/t24-,25+,26+/m1/s1. The van der Waals surface area contributed by atoms with Crippen LogP contribution in [0.25, 0.3) is 0 Å². The van der Waals surface area contributed by atoms with Crippen LogP contribution < -0.4 is 4.72 Å². The summed E-state index contributed by atoms with van der Waals surface area (Å²) in [6.07, 6.45) is 5.38. The average Bonchev–Trinajstić information content (AvgIpc) is 2.72. The molecule has 168 valence electrons. The quantitative estimate of drug-likeness (QED) is 0.622. The molecule has 0 heterocycles. The summed E-state index contributed by atoms with van der Waals surface area (Å²) < 4.78 is 41.8. The molecule has 5 heteroatoms. The fourth-order valence-corrected chi connectivity index (χ4v) is 7.32. The molecule has 4 rings (SSSR count). The van der Waals surface area contributed by atoms with Crippen molar-refractivity contribution in [1.82, 2.24) is 4.72 Å². The van der Waals surface area contributed by atoms with E-state index in [-0.39, 0.29) is 15.7 Å². The third-order valence-electron chi connectivity index (χ3n) is 7.96. The van der Waals surface area contributed by atoms with Crippen molar-refractivity contribution in [3.8, 4) is 0 Å². The Bertz CT molecular complexity index is 1060. The third kappa shape index (κ3) is 4.07. The van der Waals surface area contributed by atoms with Crippen LogP contribution >= 0.6 is 0 Å². The Morgan fingerprint density at radius 3 is 2.48 bits per heavy atom. The van der Waals surface area contributed by atoms with Gasteiger partial charge in [-0.3, -0.25) is 0 Å². The number of hydrogen-bond donors (Lipinski definition) is 1. The van der Waals surface area contributed by atoms with E-state index in [1.54, 1.807) is 0 Å². The van der Waals surface area contributed by atoms with E-state index in [4.69, 9.17) is 0 Å². The molecule has 2 aliphatic carbocycles. The monoisotopic (exact) mass is 443 g/mol. The smallest absolute Gasteiger partial charge is 0.211 e. The summed E-state index contributed by atoms with van der Waals surface area (Å²) in [5, 5.41) is 0. The maximum Gasteiger partial charge on any atom is 0.240 e. The van der Waals surface area contributed by atoms with E-state index in [2.05, 4.69) is 50.6 Å². The molecular weight excluding hydrogens is 409 g/mol. The van der Waals surface area contributed by atoms with Crippen molar-refractivity contribution < 1.29 is 12.8 Å². The first kappa shape index (κ1) is 22.5. The highest BCUT2D eigenvalue weighted by molar-refractivity contribution is 7.89. The van der Waals surface area contributed by atoms with Crippen LogP contribution in [0.2, 0.25) is 0 Å². The lowest BCUT2D eigenvalue weighted by Crippen LogP contribution is -2.53. The molecule has 0 radical (unpaired) electrons. The second kappa shape index (κ2) is 8.00. The zero-order valence-electron chi connectivity index (χ0n) is 19.0. The molecule has 0 bridgehead atoms. The van der Waals surface area contributed by atoms with Crippen molar-refractivity contribution >= 4 is 10.0 Å². The lowest BCUT2D eigenvalue weighted by Gasteiger charge is -2.55. The molecule has 1 fully saturated rings. The Morgan fingerprint density at radius 2 is 1.81 bits per heavy atom. The largest absolute Gasteiger partial charge is 0.240 e. The van der Waals surface area contributed by atoms with Gasteiger partial charge in [0.2, 0.25) is 10.0 Å². The molecule has 0 amide bonds. The molecule has 0 spiro atoms. The van der Waals surface area contributed by atoms with E-state index in [0.29, 0.717) is 18.4 Å². The van der Waals surface area contributed by atoms with Gasteiger partial charge in [0, 0.05) is 6.54 Å². The fraction of sp³-hybridized carbons (Fsp3) is 0.538. The van der Waals surface area contributed by atoms with Gasteiger partial charge in [0.05, 0.1) is 4.90 Å². The zero-order valence-corrected chi connectivity index (χ0v) is 19.9. The van der Waals surface area contributed by atoms with Gasteiger partial charge in [0.1, 0.15) is 5.82 Å². The molecular formula is C26H34FNO2S. The highest BCUT2D eigenvalue weighted by Crippen LogP contribution is 2.57. The van der Waals surface area contributed by atoms with Crippen LogP contribution in [-0.2, 0) is 21.9 Å². The van der Waals surface area contributed by atoms with Gasteiger partial charge in [-0.15, -0.1) is 0 Å². The fourth-order valence-electron chi connectivity index (χ4n) is 6.14. The Hall–Kier alpha value is -1.72. The molecule has 3 atom stereocenters. The average molecular weight is 444 g/mol. The lowest BCUT2D eigenvalue weighted by molar-refractivity contribution is 0.0298. The predicted octanol–water partition coefficient (Wildman–Crippen LogP) is 5.94. The number of hydrogen-bond acceptors (Lipinski definition) is 2. The summed E-state index contributed by atoms with van der Waals surface area (Å²) in [5.74, 6) is 0.474. The van der Waals surface area contributed by atoms with Crippen LogP contribution in [0.15, 0.2) is 47.4 Å². The van der Waals surface area contributed by atoms with E-state index >= 15 is 0 Å². The summed E-state index contributed by atoms with van der Waals surface area (Å²) in [5.41, 5.74) is 4.25. The first-order chi connectivity index (χ1) is 14.6. The summed E-state index contributed by atoms with van der Waals surface area (Å²) >= 11 is 0. The van der Waals surface area contributed by atoms with E-state index < -0.39 is 15.8 Å². The highest BCUT2D eigenvalue weighted by atomic mass is 32.2. The van der Waals surface area contributed by atoms with Gasteiger partial charge in [-0.1, -0.05) is 52.3 Å². The molecule has 2 aromatic rings. The SMILES string of the molecule is CC(C)c1ccc2c(c1)[C@]1(C)CCC[C@@](C)(CNS(=O)(=O)c3ccc(F)cc3)[C@H]1CC2. The van der Waals surface area contributed by atoms with Crippen molar-refractivity contribution in [3.63, 3.8) is 0 Å². The number of fused-ring (bicyclic) bond motifs is 3.